The number of nitrogens with two attached hydrogens (primary N) is 1. The maximum absolute atomic E-state index is 6.42. The summed E-state index contributed by atoms with van der Waals surface area (Å²) >= 11 is 0. The molecule has 3 aromatic rings. The van der Waals surface area contributed by atoms with E-state index in [1.807, 2.05) is 6.07 Å². The minimum absolute atomic E-state index is 0.222. The highest BCUT2D eigenvalue weighted by Gasteiger charge is 2.22. The lowest BCUT2D eigenvalue weighted by molar-refractivity contribution is 0.0839. The Bertz CT molecular complexity index is 936. The van der Waals surface area contributed by atoms with Crippen LogP contribution in [-0.2, 0) is 6.54 Å². The first-order chi connectivity index (χ1) is 13.1. The summed E-state index contributed by atoms with van der Waals surface area (Å²) in [7, 11) is 0. The van der Waals surface area contributed by atoms with Crippen molar-refractivity contribution in [2.24, 2.45) is 0 Å². The second kappa shape index (κ2) is 7.57. The number of piperidine rings is 1. The molecule has 0 aliphatic carbocycles. The first kappa shape index (κ1) is 17.8. The summed E-state index contributed by atoms with van der Waals surface area (Å²) in [4.78, 5) is 6.68. The van der Waals surface area contributed by atoms with E-state index in [1.54, 1.807) is 6.20 Å². The second-order valence-electron chi connectivity index (χ2n) is 7.64. The maximum atomic E-state index is 6.42. The molecule has 1 unspecified atom stereocenters. The SMILES string of the molecule is Cc1ccc(CN2CCCC(Oc3cc4ccnc(N)c4cc3C)C2)cc1. The van der Waals surface area contributed by atoms with E-state index in [-0.39, 0.29) is 6.10 Å². The molecule has 140 valence electrons. The average Bonchev–Trinajstić information content (AvgIpc) is 2.66. The number of pyridine rings is 1. The van der Waals surface area contributed by atoms with E-state index >= 15 is 0 Å². The number of benzene rings is 2. The van der Waals surface area contributed by atoms with Gasteiger partial charge in [-0.15, -0.1) is 0 Å². The lowest BCUT2D eigenvalue weighted by atomic mass is 10.1. The van der Waals surface area contributed by atoms with E-state index in [4.69, 9.17) is 10.5 Å². The quantitative estimate of drug-likeness (QED) is 0.744. The molecular weight excluding hydrogens is 334 g/mol. The van der Waals surface area contributed by atoms with Gasteiger partial charge in [-0.25, -0.2) is 4.98 Å². The summed E-state index contributed by atoms with van der Waals surface area (Å²) < 4.78 is 6.42. The van der Waals surface area contributed by atoms with Crippen LogP contribution in [0.25, 0.3) is 10.8 Å². The lowest BCUT2D eigenvalue weighted by Crippen LogP contribution is -2.40. The number of fused-ring (bicyclic) bond motifs is 1. The van der Waals surface area contributed by atoms with Crippen molar-refractivity contribution in [3.63, 3.8) is 0 Å². The van der Waals surface area contributed by atoms with Crippen LogP contribution in [-0.4, -0.2) is 29.1 Å². The zero-order valence-electron chi connectivity index (χ0n) is 16.1. The summed E-state index contributed by atoms with van der Waals surface area (Å²) in [6.07, 6.45) is 4.24. The minimum Gasteiger partial charge on any atom is -0.489 e. The first-order valence-electron chi connectivity index (χ1n) is 9.68. The molecule has 1 atom stereocenters. The van der Waals surface area contributed by atoms with Crippen molar-refractivity contribution in [2.45, 2.75) is 39.3 Å². The van der Waals surface area contributed by atoms with Crippen molar-refractivity contribution < 1.29 is 4.74 Å². The zero-order valence-corrected chi connectivity index (χ0v) is 16.1. The molecule has 4 heteroatoms. The van der Waals surface area contributed by atoms with E-state index in [2.05, 4.69) is 60.1 Å². The van der Waals surface area contributed by atoms with Gasteiger partial charge in [-0.05, 0) is 67.9 Å². The van der Waals surface area contributed by atoms with E-state index in [0.29, 0.717) is 5.82 Å². The molecule has 0 bridgehead atoms. The molecule has 1 aromatic heterocycles. The Morgan fingerprint density at radius 1 is 1.15 bits per heavy atom. The number of anilines is 1. The number of ether oxygens (including phenoxy) is 1. The topological polar surface area (TPSA) is 51.4 Å². The molecule has 0 amide bonds. The molecule has 1 aliphatic heterocycles. The van der Waals surface area contributed by atoms with Crippen LogP contribution in [0.4, 0.5) is 5.82 Å². The number of rotatable bonds is 4. The molecule has 2 N–H and O–H groups in total. The van der Waals surface area contributed by atoms with Gasteiger partial charge in [-0.3, -0.25) is 4.90 Å². The Morgan fingerprint density at radius 2 is 1.96 bits per heavy atom. The van der Waals surface area contributed by atoms with Gasteiger partial charge in [0.2, 0.25) is 0 Å². The first-order valence-corrected chi connectivity index (χ1v) is 9.68. The molecule has 1 fully saturated rings. The highest BCUT2D eigenvalue weighted by atomic mass is 16.5. The third kappa shape index (κ3) is 4.06. The highest BCUT2D eigenvalue weighted by Crippen LogP contribution is 2.29. The largest absolute Gasteiger partial charge is 0.489 e. The number of nitrogens with zero attached hydrogens (tertiary/aromatic N) is 2. The molecule has 27 heavy (non-hydrogen) atoms. The average molecular weight is 361 g/mol. The Labute approximate surface area is 161 Å². The summed E-state index contributed by atoms with van der Waals surface area (Å²) in [5.74, 6) is 1.53. The fraction of sp³-hybridized carbons (Fsp3) is 0.348. The third-order valence-electron chi connectivity index (χ3n) is 5.37. The van der Waals surface area contributed by atoms with Crippen LogP contribution in [0.5, 0.6) is 5.75 Å². The van der Waals surface area contributed by atoms with E-state index in [0.717, 1.165) is 48.1 Å². The van der Waals surface area contributed by atoms with Crippen molar-refractivity contribution in [1.29, 1.82) is 0 Å². The number of hydrogen-bond acceptors (Lipinski definition) is 4. The maximum Gasteiger partial charge on any atom is 0.131 e. The van der Waals surface area contributed by atoms with Gasteiger partial charge in [-0.2, -0.15) is 0 Å². The molecule has 2 aromatic carbocycles. The number of hydrogen-bond donors (Lipinski definition) is 1. The predicted octanol–water partition coefficient (Wildman–Crippen LogP) is 4.48. The normalized spacial score (nSPS) is 17.9. The summed E-state index contributed by atoms with van der Waals surface area (Å²) in [5, 5.41) is 2.07. The molecule has 0 saturated carbocycles. The lowest BCUT2D eigenvalue weighted by Gasteiger charge is -2.33. The van der Waals surface area contributed by atoms with Crippen LogP contribution >= 0.6 is 0 Å². The van der Waals surface area contributed by atoms with E-state index < -0.39 is 0 Å². The van der Waals surface area contributed by atoms with Crippen LogP contribution in [0.3, 0.4) is 0 Å². The molecular formula is C23H27N3O. The second-order valence-corrected chi connectivity index (χ2v) is 7.64. The van der Waals surface area contributed by atoms with Crippen molar-refractivity contribution in [3.8, 4) is 5.75 Å². The molecule has 0 spiro atoms. The Morgan fingerprint density at radius 3 is 2.78 bits per heavy atom. The summed E-state index contributed by atoms with van der Waals surface area (Å²) in [5.41, 5.74) is 9.78. The molecule has 2 heterocycles. The summed E-state index contributed by atoms with van der Waals surface area (Å²) in [6, 6.07) is 15.0. The van der Waals surface area contributed by atoms with E-state index in [1.165, 1.54) is 17.5 Å². The molecule has 1 aliphatic rings. The van der Waals surface area contributed by atoms with Gasteiger partial charge in [0.25, 0.3) is 0 Å². The number of likely N-dealkylation sites (tertiary alicyclic amines) is 1. The Kier molecular flexibility index (Phi) is 4.99. The van der Waals surface area contributed by atoms with Gasteiger partial charge in [-0.1, -0.05) is 29.8 Å². The van der Waals surface area contributed by atoms with Gasteiger partial charge in [0, 0.05) is 24.7 Å². The minimum atomic E-state index is 0.222. The third-order valence-corrected chi connectivity index (χ3v) is 5.37. The van der Waals surface area contributed by atoms with Gasteiger partial charge >= 0.3 is 0 Å². The molecule has 1 saturated heterocycles. The Balaban J connectivity index is 1.47. The molecule has 4 rings (SSSR count). The standard InChI is InChI=1S/C23H27N3O/c1-16-5-7-18(8-6-16)14-26-11-3-4-20(15-26)27-22-13-19-9-10-25-23(24)21(19)12-17(22)2/h5-10,12-13,20H,3-4,11,14-15H2,1-2H3,(H2,24,25). The van der Waals surface area contributed by atoms with Crippen molar-refractivity contribution in [2.75, 3.05) is 18.8 Å². The van der Waals surface area contributed by atoms with E-state index in [9.17, 15) is 0 Å². The molecule has 4 nitrogen and oxygen atoms in total. The van der Waals surface area contributed by atoms with Crippen molar-refractivity contribution in [1.82, 2.24) is 9.88 Å². The fourth-order valence-corrected chi connectivity index (χ4v) is 3.84. The van der Waals surface area contributed by atoms with Gasteiger partial charge < -0.3 is 10.5 Å². The number of aromatic nitrogens is 1. The van der Waals surface area contributed by atoms with Crippen molar-refractivity contribution in [3.05, 3.63) is 65.4 Å². The molecule has 0 radical (unpaired) electrons. The van der Waals surface area contributed by atoms with Gasteiger partial charge in [0.15, 0.2) is 0 Å². The van der Waals surface area contributed by atoms with Crippen molar-refractivity contribution >= 4 is 16.6 Å². The van der Waals surface area contributed by atoms with Crippen LogP contribution < -0.4 is 10.5 Å². The monoisotopic (exact) mass is 361 g/mol. The van der Waals surface area contributed by atoms with Crippen LogP contribution in [0.15, 0.2) is 48.7 Å². The smallest absolute Gasteiger partial charge is 0.131 e. The predicted molar refractivity (Wildman–Crippen MR) is 111 cm³/mol. The van der Waals surface area contributed by atoms with Crippen LogP contribution in [0.2, 0.25) is 0 Å². The van der Waals surface area contributed by atoms with Gasteiger partial charge in [0.1, 0.15) is 17.7 Å². The number of aryl methyl sites for hydroxylation is 2. The van der Waals surface area contributed by atoms with Crippen LogP contribution in [0.1, 0.15) is 29.5 Å². The van der Waals surface area contributed by atoms with Crippen LogP contribution in [0, 0.1) is 13.8 Å². The fourth-order valence-electron chi connectivity index (χ4n) is 3.84. The summed E-state index contributed by atoms with van der Waals surface area (Å²) in [6.45, 7) is 7.29. The Hall–Kier alpha value is -2.59. The highest BCUT2D eigenvalue weighted by molar-refractivity contribution is 5.92. The number of nitrogen functional groups attached to an aromatic ring is 1. The zero-order chi connectivity index (χ0) is 18.8. The van der Waals surface area contributed by atoms with Gasteiger partial charge in [0.05, 0.1) is 0 Å².